The van der Waals surface area contributed by atoms with Gasteiger partial charge in [-0.2, -0.15) is 11.3 Å². The Labute approximate surface area is 101 Å². The number of likely N-dealkylation sites (N-methyl/N-ethyl adjacent to an activating group) is 1. The maximum atomic E-state index is 12.1. The lowest BCUT2D eigenvalue weighted by molar-refractivity contribution is -0.135. The van der Waals surface area contributed by atoms with Crippen LogP contribution in [-0.4, -0.2) is 23.4 Å². The normalized spacial score (nSPS) is 14.5. The Kier molecular flexibility index (Phi) is 4.50. The molecule has 1 atom stereocenters. The third-order valence-corrected chi connectivity index (χ3v) is 3.34. The van der Waals surface area contributed by atoms with Crippen LogP contribution in [0, 0.1) is 0 Å². The third kappa shape index (κ3) is 3.32. The molecule has 0 saturated heterocycles. The van der Waals surface area contributed by atoms with E-state index < -0.39 is 5.54 Å². The van der Waals surface area contributed by atoms with Gasteiger partial charge in [-0.1, -0.05) is 13.3 Å². The lowest BCUT2D eigenvalue weighted by Gasteiger charge is -2.28. The molecule has 1 aromatic rings. The number of carbonyl (C=O) groups is 1. The molecular formula is C12H20N2OS. The summed E-state index contributed by atoms with van der Waals surface area (Å²) in [6.45, 7) is 4.49. The van der Waals surface area contributed by atoms with E-state index in [1.807, 2.05) is 25.3 Å². The maximum Gasteiger partial charge on any atom is 0.242 e. The first-order chi connectivity index (χ1) is 7.47. The first kappa shape index (κ1) is 13.2. The topological polar surface area (TPSA) is 46.3 Å². The molecular weight excluding hydrogens is 220 g/mol. The van der Waals surface area contributed by atoms with E-state index in [-0.39, 0.29) is 5.91 Å². The molecule has 0 saturated carbocycles. The summed E-state index contributed by atoms with van der Waals surface area (Å²) in [4.78, 5) is 13.8. The van der Waals surface area contributed by atoms with E-state index in [0.717, 1.165) is 18.4 Å². The van der Waals surface area contributed by atoms with Crippen LogP contribution in [0.4, 0.5) is 0 Å². The number of hydrogen-bond donors (Lipinski definition) is 1. The van der Waals surface area contributed by atoms with Crippen molar-refractivity contribution in [1.29, 1.82) is 0 Å². The number of hydrogen-bond acceptors (Lipinski definition) is 3. The first-order valence-corrected chi connectivity index (χ1v) is 6.47. The van der Waals surface area contributed by atoms with Gasteiger partial charge in [0.2, 0.25) is 5.91 Å². The van der Waals surface area contributed by atoms with E-state index in [9.17, 15) is 4.79 Å². The van der Waals surface area contributed by atoms with Crippen molar-refractivity contribution in [2.24, 2.45) is 5.73 Å². The second-order valence-corrected chi connectivity index (χ2v) is 5.24. The van der Waals surface area contributed by atoms with Crippen molar-refractivity contribution in [3.8, 4) is 0 Å². The van der Waals surface area contributed by atoms with Crippen LogP contribution in [0.1, 0.15) is 32.3 Å². The highest BCUT2D eigenvalue weighted by molar-refractivity contribution is 7.07. The molecule has 0 bridgehead atoms. The Morgan fingerprint density at radius 3 is 2.81 bits per heavy atom. The molecule has 0 aromatic carbocycles. The smallest absolute Gasteiger partial charge is 0.242 e. The number of nitrogens with two attached hydrogens (primary N) is 1. The van der Waals surface area contributed by atoms with Crippen LogP contribution < -0.4 is 5.73 Å². The van der Waals surface area contributed by atoms with Crippen molar-refractivity contribution in [2.45, 2.75) is 38.8 Å². The molecule has 3 nitrogen and oxygen atoms in total. The number of nitrogens with zero attached hydrogens (tertiary/aromatic N) is 1. The van der Waals surface area contributed by atoms with E-state index in [1.165, 1.54) is 0 Å². The minimum atomic E-state index is -0.737. The van der Waals surface area contributed by atoms with Gasteiger partial charge < -0.3 is 10.6 Å². The number of carbonyl (C=O) groups excluding carboxylic acids is 1. The summed E-state index contributed by atoms with van der Waals surface area (Å²) in [5.74, 6) is 0.0144. The van der Waals surface area contributed by atoms with E-state index in [0.29, 0.717) is 6.54 Å². The van der Waals surface area contributed by atoms with Crippen LogP contribution in [0.3, 0.4) is 0 Å². The van der Waals surface area contributed by atoms with Crippen molar-refractivity contribution in [2.75, 3.05) is 7.05 Å². The summed E-state index contributed by atoms with van der Waals surface area (Å²) in [6, 6.07) is 2.03. The van der Waals surface area contributed by atoms with Crippen LogP contribution in [-0.2, 0) is 11.3 Å². The van der Waals surface area contributed by atoms with Crippen LogP contribution in [0.25, 0.3) is 0 Å². The molecule has 1 rings (SSSR count). The number of rotatable bonds is 5. The van der Waals surface area contributed by atoms with Gasteiger partial charge in [0.15, 0.2) is 0 Å². The van der Waals surface area contributed by atoms with Crippen molar-refractivity contribution in [1.82, 2.24) is 4.90 Å². The molecule has 1 amide bonds. The molecule has 0 fully saturated rings. The average Bonchev–Trinajstić information content (AvgIpc) is 2.69. The zero-order valence-corrected chi connectivity index (χ0v) is 11.0. The number of thiophene rings is 1. The van der Waals surface area contributed by atoms with Crippen molar-refractivity contribution >= 4 is 17.2 Å². The summed E-state index contributed by atoms with van der Waals surface area (Å²) in [7, 11) is 1.81. The summed E-state index contributed by atoms with van der Waals surface area (Å²) in [6.07, 6.45) is 1.64. The van der Waals surface area contributed by atoms with Crippen LogP contribution in [0.5, 0.6) is 0 Å². The molecule has 16 heavy (non-hydrogen) atoms. The van der Waals surface area contributed by atoms with Gasteiger partial charge in [0, 0.05) is 13.6 Å². The molecule has 0 radical (unpaired) electrons. The fraction of sp³-hybridized carbons (Fsp3) is 0.583. The Hall–Kier alpha value is -0.870. The maximum absolute atomic E-state index is 12.1. The fourth-order valence-electron chi connectivity index (χ4n) is 1.79. The lowest BCUT2D eigenvalue weighted by atomic mass is 9.96. The van der Waals surface area contributed by atoms with Gasteiger partial charge in [-0.25, -0.2) is 0 Å². The highest BCUT2D eigenvalue weighted by Crippen LogP contribution is 2.15. The summed E-state index contributed by atoms with van der Waals surface area (Å²) >= 11 is 1.64. The second kappa shape index (κ2) is 5.46. The quantitative estimate of drug-likeness (QED) is 0.858. The van der Waals surface area contributed by atoms with E-state index in [2.05, 4.69) is 5.38 Å². The Morgan fingerprint density at radius 1 is 1.62 bits per heavy atom. The highest BCUT2D eigenvalue weighted by atomic mass is 32.1. The van der Waals surface area contributed by atoms with E-state index >= 15 is 0 Å². The Morgan fingerprint density at radius 2 is 2.31 bits per heavy atom. The third-order valence-electron chi connectivity index (χ3n) is 2.60. The minimum absolute atomic E-state index is 0.0144. The average molecular weight is 240 g/mol. The zero-order valence-electron chi connectivity index (χ0n) is 10.2. The van der Waals surface area contributed by atoms with Gasteiger partial charge in [0.1, 0.15) is 0 Å². The summed E-state index contributed by atoms with van der Waals surface area (Å²) < 4.78 is 0. The molecule has 1 unspecified atom stereocenters. The van der Waals surface area contributed by atoms with Crippen molar-refractivity contribution in [3.05, 3.63) is 22.4 Å². The predicted octanol–water partition coefficient (Wildman–Crippen LogP) is 2.22. The van der Waals surface area contributed by atoms with Gasteiger partial charge in [-0.05, 0) is 35.7 Å². The molecule has 0 aliphatic rings. The van der Waals surface area contributed by atoms with Crippen LogP contribution >= 0.6 is 11.3 Å². The minimum Gasteiger partial charge on any atom is -0.340 e. The number of amides is 1. The summed E-state index contributed by atoms with van der Waals surface area (Å²) in [5, 5.41) is 4.07. The van der Waals surface area contributed by atoms with Crippen LogP contribution in [0.15, 0.2) is 16.8 Å². The van der Waals surface area contributed by atoms with E-state index in [1.54, 1.807) is 23.3 Å². The fourth-order valence-corrected chi connectivity index (χ4v) is 2.45. The molecule has 90 valence electrons. The Bertz CT molecular complexity index is 333. The van der Waals surface area contributed by atoms with Crippen LogP contribution in [0.2, 0.25) is 0 Å². The largest absolute Gasteiger partial charge is 0.340 e. The molecule has 2 N–H and O–H groups in total. The molecule has 1 heterocycles. The van der Waals surface area contributed by atoms with Crippen molar-refractivity contribution < 1.29 is 4.79 Å². The van der Waals surface area contributed by atoms with Gasteiger partial charge in [-0.3, -0.25) is 4.79 Å². The monoisotopic (exact) mass is 240 g/mol. The zero-order chi connectivity index (χ0) is 12.2. The van der Waals surface area contributed by atoms with Gasteiger partial charge in [0.05, 0.1) is 5.54 Å². The van der Waals surface area contributed by atoms with E-state index in [4.69, 9.17) is 5.73 Å². The molecule has 0 aliphatic heterocycles. The predicted molar refractivity (Wildman–Crippen MR) is 68.3 cm³/mol. The van der Waals surface area contributed by atoms with Gasteiger partial charge in [-0.15, -0.1) is 0 Å². The van der Waals surface area contributed by atoms with Gasteiger partial charge in [0.25, 0.3) is 0 Å². The highest BCUT2D eigenvalue weighted by Gasteiger charge is 2.29. The van der Waals surface area contributed by atoms with Crippen molar-refractivity contribution in [3.63, 3.8) is 0 Å². The molecule has 0 spiro atoms. The standard InChI is InChI=1S/C12H20N2OS/c1-4-6-12(2,13)11(15)14(3)8-10-5-7-16-9-10/h5,7,9H,4,6,8,13H2,1-3H3. The summed E-state index contributed by atoms with van der Waals surface area (Å²) in [5.41, 5.74) is 6.44. The molecule has 0 aliphatic carbocycles. The van der Waals surface area contributed by atoms with Gasteiger partial charge >= 0.3 is 0 Å². The Balaban J connectivity index is 2.60. The molecule has 1 aromatic heterocycles. The lowest BCUT2D eigenvalue weighted by Crippen LogP contribution is -2.51. The SMILES string of the molecule is CCCC(C)(N)C(=O)N(C)Cc1ccsc1. The first-order valence-electron chi connectivity index (χ1n) is 5.53. The molecule has 4 heteroatoms. The second-order valence-electron chi connectivity index (χ2n) is 4.46.